The Hall–Kier alpha value is -3.34. The third kappa shape index (κ3) is 5.80. The number of benzene rings is 1. The van der Waals surface area contributed by atoms with Crippen molar-refractivity contribution in [2.75, 3.05) is 20.2 Å². The highest BCUT2D eigenvalue weighted by atomic mass is 32.1. The van der Waals surface area contributed by atoms with Crippen molar-refractivity contribution in [1.82, 2.24) is 15.2 Å². The summed E-state index contributed by atoms with van der Waals surface area (Å²) in [5.41, 5.74) is -10.8. The number of hydrogen-bond acceptors (Lipinski definition) is 7. The summed E-state index contributed by atoms with van der Waals surface area (Å²) in [7, 11) is 1.17. The first-order valence-corrected chi connectivity index (χ1v) is 13.7. The lowest BCUT2D eigenvalue weighted by Crippen LogP contribution is -2.54. The smallest absolute Gasteiger partial charge is 0.430 e. The number of nitrogens with zero attached hydrogens (tertiary/aromatic N) is 2. The minimum atomic E-state index is -6.32. The number of alkyl halides is 8. The molecule has 1 aliphatic heterocycles. The fraction of sp³-hybridized carbons (Fsp3) is 0.538. The van der Waals surface area contributed by atoms with E-state index in [0.29, 0.717) is 43.1 Å². The third-order valence-electron chi connectivity index (χ3n) is 7.67. The fourth-order valence-corrected chi connectivity index (χ4v) is 5.95. The Labute approximate surface area is 243 Å². The van der Waals surface area contributed by atoms with Gasteiger partial charge in [-0.3, -0.25) is 14.4 Å². The molecule has 2 heterocycles. The molecule has 0 spiro atoms. The van der Waals surface area contributed by atoms with Crippen LogP contribution >= 0.6 is 11.3 Å². The van der Waals surface area contributed by atoms with E-state index in [-0.39, 0.29) is 31.3 Å². The fourth-order valence-electron chi connectivity index (χ4n) is 4.92. The van der Waals surface area contributed by atoms with Crippen LogP contribution < -0.4 is 5.32 Å². The first-order valence-electron chi connectivity index (χ1n) is 12.8. The Balaban J connectivity index is 1.81. The molecule has 1 unspecified atom stereocenters. The van der Waals surface area contributed by atoms with Gasteiger partial charge in [0.05, 0.1) is 17.4 Å². The maximum atomic E-state index is 14.2. The van der Waals surface area contributed by atoms with Crippen LogP contribution in [0.5, 0.6) is 0 Å². The molecule has 1 aromatic heterocycles. The number of carbonyl (C=O) groups excluding carboxylic acids is 3. The number of amides is 2. The number of rotatable bonds is 8. The summed E-state index contributed by atoms with van der Waals surface area (Å²) in [4.78, 5) is 43.5. The van der Waals surface area contributed by atoms with Crippen LogP contribution in [0, 0.1) is 5.41 Å². The van der Waals surface area contributed by atoms with Crippen LogP contribution in [-0.4, -0.2) is 71.4 Å². The number of halogens is 8. The molecule has 2 fully saturated rings. The van der Waals surface area contributed by atoms with E-state index in [1.165, 1.54) is 12.0 Å². The van der Waals surface area contributed by atoms with Gasteiger partial charge in [0, 0.05) is 35.8 Å². The highest BCUT2D eigenvalue weighted by Crippen LogP contribution is 2.51. The Morgan fingerprint density at radius 2 is 1.79 bits per heavy atom. The van der Waals surface area contributed by atoms with E-state index < -0.39 is 79.8 Å². The summed E-state index contributed by atoms with van der Waals surface area (Å²) in [6.07, 6.45) is -14.3. The molecule has 1 aliphatic carbocycles. The molecule has 0 radical (unpaired) electrons. The van der Waals surface area contributed by atoms with Crippen LogP contribution in [0.2, 0.25) is 0 Å². The Morgan fingerprint density at radius 3 is 2.28 bits per heavy atom. The second-order valence-electron chi connectivity index (χ2n) is 10.4. The normalized spacial score (nSPS) is 18.6. The molecule has 43 heavy (non-hydrogen) atoms. The first kappa shape index (κ1) is 32.6. The van der Waals surface area contributed by atoms with E-state index in [4.69, 9.17) is 4.74 Å². The standard InChI is InChI=1S/C26H25F8N3O5S/c1-12-4-3-9-37(12)21(39)16-17(43-20(36-16)19(38)35-11-23(7-8-23)22(40)42-2)14-6-5-13(10-15(14)18(27)28)24(41,25(29,30)31)26(32,33)34/h5-6,10,12,18,41H,3-4,7-9,11H2,1-2H3,(H,35,38). The second-order valence-corrected chi connectivity index (χ2v) is 11.4. The molecule has 1 atom stereocenters. The van der Waals surface area contributed by atoms with Crippen molar-refractivity contribution in [2.45, 2.75) is 63.0 Å². The lowest BCUT2D eigenvalue weighted by atomic mass is 9.89. The third-order valence-corrected chi connectivity index (χ3v) is 8.75. The molecule has 2 amide bonds. The van der Waals surface area contributed by atoms with Gasteiger partial charge < -0.3 is 20.1 Å². The molecular weight excluding hydrogens is 618 g/mol. The maximum Gasteiger partial charge on any atom is 0.430 e. The largest absolute Gasteiger partial charge is 0.469 e. The summed E-state index contributed by atoms with van der Waals surface area (Å²) in [5.74, 6) is -2.24. The summed E-state index contributed by atoms with van der Waals surface area (Å²) in [5, 5.41) is 11.8. The quantitative estimate of drug-likeness (QED) is 0.296. The minimum absolute atomic E-state index is 0.125. The summed E-state index contributed by atoms with van der Waals surface area (Å²) in [6, 6.07) is 0.247. The summed E-state index contributed by atoms with van der Waals surface area (Å²) < 4.78 is 114. The van der Waals surface area contributed by atoms with Crippen molar-refractivity contribution in [3.05, 3.63) is 40.0 Å². The Morgan fingerprint density at radius 1 is 1.16 bits per heavy atom. The number of nitrogens with one attached hydrogen (secondary N) is 1. The zero-order valence-corrected chi connectivity index (χ0v) is 23.4. The van der Waals surface area contributed by atoms with Crippen molar-refractivity contribution in [2.24, 2.45) is 5.41 Å². The SMILES string of the molecule is COC(=O)C1(CNC(=O)c2nc(C(=O)N3CCCC3C)c(-c3ccc(C(O)(C(F)(F)F)C(F)(F)F)cc3C(F)F)s2)CC1. The van der Waals surface area contributed by atoms with Crippen molar-refractivity contribution in [1.29, 1.82) is 0 Å². The number of likely N-dealkylation sites (tertiary alicyclic amines) is 1. The molecule has 17 heteroatoms. The van der Waals surface area contributed by atoms with Crippen LogP contribution in [0.4, 0.5) is 35.1 Å². The number of thiazole rings is 1. The first-order chi connectivity index (χ1) is 19.9. The molecule has 2 aromatic rings. The molecule has 1 saturated heterocycles. The van der Waals surface area contributed by atoms with Gasteiger partial charge in [0.2, 0.25) is 0 Å². The van der Waals surface area contributed by atoms with Gasteiger partial charge in [-0.15, -0.1) is 11.3 Å². The number of carbonyl (C=O) groups is 3. The number of aromatic nitrogens is 1. The number of methoxy groups -OCH3 is 1. The number of esters is 1. The van der Waals surface area contributed by atoms with E-state index in [0.717, 1.165) is 0 Å². The van der Waals surface area contributed by atoms with Crippen LogP contribution in [0.3, 0.4) is 0 Å². The Bertz CT molecular complexity index is 1410. The topological polar surface area (TPSA) is 109 Å². The summed E-state index contributed by atoms with van der Waals surface area (Å²) in [6.45, 7) is 1.80. The van der Waals surface area contributed by atoms with Crippen LogP contribution in [0.15, 0.2) is 18.2 Å². The lowest BCUT2D eigenvalue weighted by Gasteiger charge is -2.33. The average Bonchev–Trinajstić information content (AvgIpc) is 3.39. The van der Waals surface area contributed by atoms with Gasteiger partial charge in [-0.1, -0.05) is 12.1 Å². The molecule has 2 aliphatic rings. The predicted octanol–water partition coefficient (Wildman–Crippen LogP) is 5.37. The van der Waals surface area contributed by atoms with Crippen LogP contribution in [0.1, 0.15) is 70.4 Å². The molecule has 1 saturated carbocycles. The monoisotopic (exact) mass is 643 g/mol. The van der Waals surface area contributed by atoms with Crippen molar-refractivity contribution < 1.29 is 59.4 Å². The number of ether oxygens (including phenoxy) is 1. The molecule has 236 valence electrons. The molecule has 8 nitrogen and oxygen atoms in total. The van der Waals surface area contributed by atoms with Gasteiger partial charge in [-0.05, 0) is 38.7 Å². The lowest BCUT2D eigenvalue weighted by molar-refractivity contribution is -0.376. The van der Waals surface area contributed by atoms with Crippen LogP contribution in [-0.2, 0) is 15.1 Å². The average molecular weight is 644 g/mol. The van der Waals surface area contributed by atoms with E-state index >= 15 is 0 Å². The molecule has 2 N–H and O–H groups in total. The molecule has 1 aromatic carbocycles. The zero-order valence-electron chi connectivity index (χ0n) is 22.5. The number of aliphatic hydroxyl groups is 1. The van der Waals surface area contributed by atoms with Crippen molar-refractivity contribution >= 4 is 29.1 Å². The molecular formula is C26H25F8N3O5S. The maximum absolute atomic E-state index is 14.2. The minimum Gasteiger partial charge on any atom is -0.469 e. The highest BCUT2D eigenvalue weighted by molar-refractivity contribution is 7.17. The zero-order chi connectivity index (χ0) is 32.1. The predicted molar refractivity (Wildman–Crippen MR) is 134 cm³/mol. The second kappa shape index (κ2) is 11.3. The van der Waals surface area contributed by atoms with Gasteiger partial charge in [-0.2, -0.15) is 26.3 Å². The van der Waals surface area contributed by atoms with Gasteiger partial charge in [0.15, 0.2) is 5.01 Å². The van der Waals surface area contributed by atoms with Gasteiger partial charge in [-0.25, -0.2) is 13.8 Å². The Kier molecular flexibility index (Phi) is 8.56. The van der Waals surface area contributed by atoms with Crippen molar-refractivity contribution in [3.63, 3.8) is 0 Å². The van der Waals surface area contributed by atoms with E-state index in [2.05, 4.69) is 10.3 Å². The van der Waals surface area contributed by atoms with E-state index in [1.54, 1.807) is 6.92 Å². The highest BCUT2D eigenvalue weighted by Gasteiger charge is 2.71. The number of hydrogen-bond donors (Lipinski definition) is 2. The van der Waals surface area contributed by atoms with Crippen molar-refractivity contribution in [3.8, 4) is 10.4 Å². The van der Waals surface area contributed by atoms with E-state index in [9.17, 15) is 54.6 Å². The van der Waals surface area contributed by atoms with Gasteiger partial charge in [0.25, 0.3) is 23.8 Å². The molecule has 4 rings (SSSR count). The van der Waals surface area contributed by atoms with Gasteiger partial charge >= 0.3 is 18.3 Å². The van der Waals surface area contributed by atoms with Gasteiger partial charge in [0.1, 0.15) is 5.69 Å². The van der Waals surface area contributed by atoms with Crippen LogP contribution in [0.25, 0.3) is 10.4 Å². The van der Waals surface area contributed by atoms with E-state index in [1.807, 2.05) is 0 Å². The summed E-state index contributed by atoms with van der Waals surface area (Å²) >= 11 is 0.423. The molecule has 0 bridgehead atoms.